The fraction of sp³-hybridized carbons (Fsp3) is 0.231. The highest BCUT2D eigenvalue weighted by Crippen LogP contribution is 2.17. The van der Waals surface area contributed by atoms with Gasteiger partial charge in [-0.2, -0.15) is 5.10 Å². The monoisotopic (exact) mass is 263 g/mol. The van der Waals surface area contributed by atoms with E-state index in [0.717, 1.165) is 5.56 Å². The van der Waals surface area contributed by atoms with Gasteiger partial charge in [-0.25, -0.2) is 0 Å². The molecular weight excluding hydrogens is 250 g/mol. The fourth-order valence-electron chi connectivity index (χ4n) is 1.67. The maximum atomic E-state index is 12.0. The molecule has 1 amide bonds. The molecule has 1 N–H and O–H groups in total. The van der Waals surface area contributed by atoms with Gasteiger partial charge in [0.15, 0.2) is 0 Å². The molecule has 0 saturated heterocycles. The minimum Gasteiger partial charge on any atom is -0.345 e. The van der Waals surface area contributed by atoms with Crippen molar-refractivity contribution in [2.24, 2.45) is 7.05 Å². The number of halogens is 1. The molecule has 2 aromatic rings. The minimum absolute atomic E-state index is 0.109. The van der Waals surface area contributed by atoms with Crippen LogP contribution in [0.1, 0.15) is 28.9 Å². The van der Waals surface area contributed by atoms with Crippen molar-refractivity contribution in [3.63, 3.8) is 0 Å². The third kappa shape index (κ3) is 2.71. The average molecular weight is 264 g/mol. The summed E-state index contributed by atoms with van der Waals surface area (Å²) in [6.07, 6.45) is 3.61. The van der Waals surface area contributed by atoms with Crippen LogP contribution in [0.25, 0.3) is 0 Å². The Morgan fingerprint density at radius 1 is 1.44 bits per heavy atom. The zero-order valence-corrected chi connectivity index (χ0v) is 11.0. The van der Waals surface area contributed by atoms with E-state index in [4.69, 9.17) is 11.6 Å². The standard InChI is InChI=1S/C13H14ClN3O/c1-9(10-7-15-17(2)8-10)16-13(18)11-5-3-4-6-12(11)14/h3-9H,1-2H3,(H,16,18). The van der Waals surface area contributed by atoms with Crippen LogP contribution in [0.15, 0.2) is 36.7 Å². The Hall–Kier alpha value is -1.81. The Balaban J connectivity index is 2.10. The summed E-state index contributed by atoms with van der Waals surface area (Å²) in [6, 6.07) is 6.88. The second-order valence-corrected chi connectivity index (χ2v) is 4.53. The summed E-state index contributed by atoms with van der Waals surface area (Å²) in [5.74, 6) is -0.183. The first-order valence-electron chi connectivity index (χ1n) is 5.62. The van der Waals surface area contributed by atoms with E-state index in [2.05, 4.69) is 10.4 Å². The van der Waals surface area contributed by atoms with E-state index in [1.807, 2.05) is 20.2 Å². The summed E-state index contributed by atoms with van der Waals surface area (Å²) in [4.78, 5) is 12.0. The van der Waals surface area contributed by atoms with Gasteiger partial charge in [0.25, 0.3) is 5.91 Å². The Morgan fingerprint density at radius 3 is 2.78 bits per heavy atom. The van der Waals surface area contributed by atoms with E-state index in [1.165, 1.54) is 0 Å². The zero-order valence-electron chi connectivity index (χ0n) is 10.2. The molecule has 5 heteroatoms. The summed E-state index contributed by atoms with van der Waals surface area (Å²) in [6.45, 7) is 1.91. The second kappa shape index (κ2) is 5.23. The Labute approximate surface area is 111 Å². The molecular formula is C13H14ClN3O. The van der Waals surface area contributed by atoms with Gasteiger partial charge in [-0.1, -0.05) is 23.7 Å². The molecule has 1 heterocycles. The maximum Gasteiger partial charge on any atom is 0.253 e. The molecule has 0 radical (unpaired) electrons. The van der Waals surface area contributed by atoms with Gasteiger partial charge < -0.3 is 5.32 Å². The second-order valence-electron chi connectivity index (χ2n) is 4.12. The largest absolute Gasteiger partial charge is 0.345 e. The van der Waals surface area contributed by atoms with Crippen molar-refractivity contribution in [2.75, 3.05) is 0 Å². The maximum absolute atomic E-state index is 12.0. The highest BCUT2D eigenvalue weighted by atomic mass is 35.5. The number of aromatic nitrogens is 2. The van der Waals surface area contributed by atoms with Crippen LogP contribution in [0, 0.1) is 0 Å². The summed E-state index contributed by atoms with van der Waals surface area (Å²) < 4.78 is 1.70. The molecule has 0 aliphatic heterocycles. The van der Waals surface area contributed by atoms with Gasteiger partial charge in [0.2, 0.25) is 0 Å². The van der Waals surface area contributed by atoms with E-state index in [-0.39, 0.29) is 11.9 Å². The van der Waals surface area contributed by atoms with Gasteiger partial charge in [-0.3, -0.25) is 9.48 Å². The highest BCUT2D eigenvalue weighted by molar-refractivity contribution is 6.33. The first-order valence-corrected chi connectivity index (χ1v) is 5.99. The number of nitrogens with zero attached hydrogens (tertiary/aromatic N) is 2. The molecule has 1 aromatic carbocycles. The minimum atomic E-state index is -0.183. The van der Waals surface area contributed by atoms with Crippen LogP contribution in [-0.4, -0.2) is 15.7 Å². The molecule has 2 rings (SSSR count). The van der Waals surface area contributed by atoms with Gasteiger partial charge in [-0.05, 0) is 19.1 Å². The number of carbonyl (C=O) groups is 1. The molecule has 4 nitrogen and oxygen atoms in total. The average Bonchev–Trinajstić information content (AvgIpc) is 2.76. The molecule has 0 spiro atoms. The number of benzene rings is 1. The van der Waals surface area contributed by atoms with Crippen molar-refractivity contribution in [1.82, 2.24) is 15.1 Å². The first kappa shape index (κ1) is 12.6. The van der Waals surface area contributed by atoms with Crippen LogP contribution in [-0.2, 0) is 7.05 Å². The first-order chi connectivity index (χ1) is 8.58. The van der Waals surface area contributed by atoms with Crippen molar-refractivity contribution in [2.45, 2.75) is 13.0 Å². The third-order valence-corrected chi connectivity index (χ3v) is 3.02. The lowest BCUT2D eigenvalue weighted by Crippen LogP contribution is -2.26. The number of hydrogen-bond donors (Lipinski definition) is 1. The van der Waals surface area contributed by atoms with E-state index >= 15 is 0 Å². The van der Waals surface area contributed by atoms with Crippen LogP contribution in [0.4, 0.5) is 0 Å². The molecule has 1 aromatic heterocycles. The lowest BCUT2D eigenvalue weighted by Gasteiger charge is -2.12. The normalized spacial score (nSPS) is 12.2. The van der Waals surface area contributed by atoms with Gasteiger partial charge in [0.1, 0.15) is 0 Å². The number of hydrogen-bond acceptors (Lipinski definition) is 2. The Morgan fingerprint density at radius 2 is 2.17 bits per heavy atom. The zero-order chi connectivity index (χ0) is 13.1. The van der Waals surface area contributed by atoms with Crippen molar-refractivity contribution in [3.8, 4) is 0 Å². The third-order valence-electron chi connectivity index (χ3n) is 2.69. The highest BCUT2D eigenvalue weighted by Gasteiger charge is 2.14. The van der Waals surface area contributed by atoms with Gasteiger partial charge in [0, 0.05) is 18.8 Å². The molecule has 0 aliphatic carbocycles. The molecule has 0 bridgehead atoms. The van der Waals surface area contributed by atoms with E-state index in [9.17, 15) is 4.79 Å². The number of aryl methyl sites for hydroxylation is 1. The molecule has 1 atom stereocenters. The van der Waals surface area contributed by atoms with Crippen LogP contribution in [0.2, 0.25) is 5.02 Å². The summed E-state index contributed by atoms with van der Waals surface area (Å²) in [5.41, 5.74) is 1.44. The van der Waals surface area contributed by atoms with Gasteiger partial charge in [0.05, 0.1) is 22.8 Å². The van der Waals surface area contributed by atoms with Crippen molar-refractivity contribution in [3.05, 3.63) is 52.8 Å². The van der Waals surface area contributed by atoms with E-state index in [0.29, 0.717) is 10.6 Å². The van der Waals surface area contributed by atoms with Crippen molar-refractivity contribution < 1.29 is 4.79 Å². The molecule has 0 fully saturated rings. The number of nitrogens with one attached hydrogen (secondary N) is 1. The molecule has 18 heavy (non-hydrogen) atoms. The summed E-state index contributed by atoms with van der Waals surface area (Å²) >= 11 is 5.98. The predicted molar refractivity (Wildman–Crippen MR) is 70.5 cm³/mol. The number of rotatable bonds is 3. The van der Waals surface area contributed by atoms with E-state index < -0.39 is 0 Å². The predicted octanol–water partition coefficient (Wildman–Crippen LogP) is 2.56. The SMILES string of the molecule is CC(NC(=O)c1ccccc1Cl)c1cnn(C)c1. The molecule has 94 valence electrons. The molecule has 1 unspecified atom stereocenters. The quantitative estimate of drug-likeness (QED) is 0.925. The number of carbonyl (C=O) groups excluding carboxylic acids is 1. The lowest BCUT2D eigenvalue weighted by atomic mass is 10.1. The van der Waals surface area contributed by atoms with Crippen LogP contribution in [0.5, 0.6) is 0 Å². The van der Waals surface area contributed by atoms with Gasteiger partial charge >= 0.3 is 0 Å². The summed E-state index contributed by atoms with van der Waals surface area (Å²) in [7, 11) is 1.84. The van der Waals surface area contributed by atoms with Crippen molar-refractivity contribution in [1.29, 1.82) is 0 Å². The smallest absolute Gasteiger partial charge is 0.253 e. The topological polar surface area (TPSA) is 46.9 Å². The van der Waals surface area contributed by atoms with Crippen molar-refractivity contribution >= 4 is 17.5 Å². The van der Waals surface area contributed by atoms with Crippen LogP contribution < -0.4 is 5.32 Å². The van der Waals surface area contributed by atoms with Gasteiger partial charge in [-0.15, -0.1) is 0 Å². The summed E-state index contributed by atoms with van der Waals surface area (Å²) in [5, 5.41) is 7.42. The number of amides is 1. The Kier molecular flexibility index (Phi) is 3.67. The molecule has 0 saturated carbocycles. The lowest BCUT2D eigenvalue weighted by molar-refractivity contribution is 0.0940. The van der Waals surface area contributed by atoms with Crippen LogP contribution in [0.3, 0.4) is 0 Å². The van der Waals surface area contributed by atoms with E-state index in [1.54, 1.807) is 35.1 Å². The van der Waals surface area contributed by atoms with Crippen LogP contribution >= 0.6 is 11.6 Å². The Bertz CT molecular complexity index is 565. The fourth-order valence-corrected chi connectivity index (χ4v) is 1.89. The molecule has 0 aliphatic rings.